The predicted octanol–water partition coefficient (Wildman–Crippen LogP) is 2.93. The molecule has 0 saturated heterocycles. The Morgan fingerprint density at radius 3 is 2.63 bits per heavy atom. The third-order valence-electron chi connectivity index (χ3n) is 2.81. The number of carbonyl (C=O) groups is 1. The molecule has 0 heterocycles. The standard InChI is InChI=1S/C16H26O3/c1-5-14(10-8-7-9-11-17)12-16(3,4)13-15(18)19-6-2/h7,9,14,17H,5-6,11-13H2,1-4H3. The summed E-state index contributed by atoms with van der Waals surface area (Å²) in [5.74, 6) is 6.21. The van der Waals surface area contributed by atoms with Gasteiger partial charge in [0.15, 0.2) is 0 Å². The number of hydrogen-bond acceptors (Lipinski definition) is 3. The Morgan fingerprint density at radius 1 is 1.42 bits per heavy atom. The second kappa shape index (κ2) is 9.63. The molecule has 0 amide bonds. The third kappa shape index (κ3) is 9.32. The molecule has 1 unspecified atom stereocenters. The molecule has 0 aliphatic heterocycles. The van der Waals surface area contributed by atoms with Crippen molar-refractivity contribution in [2.24, 2.45) is 11.3 Å². The van der Waals surface area contributed by atoms with Gasteiger partial charge in [0.05, 0.1) is 19.6 Å². The van der Waals surface area contributed by atoms with E-state index in [-0.39, 0.29) is 23.9 Å². The summed E-state index contributed by atoms with van der Waals surface area (Å²) in [5, 5.41) is 8.62. The minimum Gasteiger partial charge on any atom is -0.466 e. The van der Waals surface area contributed by atoms with Crippen molar-refractivity contribution in [2.75, 3.05) is 13.2 Å². The molecule has 0 saturated carbocycles. The zero-order valence-corrected chi connectivity index (χ0v) is 12.5. The van der Waals surface area contributed by atoms with Gasteiger partial charge in [0.2, 0.25) is 0 Å². The highest BCUT2D eigenvalue weighted by Gasteiger charge is 2.25. The van der Waals surface area contributed by atoms with Crippen LogP contribution in [0, 0.1) is 23.2 Å². The molecule has 3 nitrogen and oxygen atoms in total. The van der Waals surface area contributed by atoms with Crippen molar-refractivity contribution >= 4 is 5.97 Å². The van der Waals surface area contributed by atoms with Crippen LogP contribution < -0.4 is 0 Å². The molecule has 108 valence electrons. The molecule has 0 aromatic heterocycles. The third-order valence-corrected chi connectivity index (χ3v) is 2.81. The van der Waals surface area contributed by atoms with Gasteiger partial charge in [0.25, 0.3) is 0 Å². The van der Waals surface area contributed by atoms with E-state index in [2.05, 4.69) is 32.6 Å². The number of aliphatic hydroxyl groups excluding tert-OH is 1. The van der Waals surface area contributed by atoms with Gasteiger partial charge in [-0.2, -0.15) is 0 Å². The second-order valence-corrected chi connectivity index (χ2v) is 5.33. The molecule has 0 fully saturated rings. The molecule has 1 atom stereocenters. The van der Waals surface area contributed by atoms with E-state index < -0.39 is 0 Å². The van der Waals surface area contributed by atoms with E-state index in [1.807, 2.05) is 6.92 Å². The van der Waals surface area contributed by atoms with Gasteiger partial charge >= 0.3 is 5.97 Å². The van der Waals surface area contributed by atoms with Crippen LogP contribution in [0.15, 0.2) is 12.2 Å². The van der Waals surface area contributed by atoms with Crippen LogP contribution >= 0.6 is 0 Å². The highest BCUT2D eigenvalue weighted by Crippen LogP contribution is 2.30. The lowest BCUT2D eigenvalue weighted by atomic mass is 9.79. The van der Waals surface area contributed by atoms with Crippen LogP contribution in [0.1, 0.15) is 47.0 Å². The van der Waals surface area contributed by atoms with Crippen molar-refractivity contribution < 1.29 is 14.6 Å². The molecule has 0 spiro atoms. The first-order valence-corrected chi connectivity index (χ1v) is 6.87. The lowest BCUT2D eigenvalue weighted by molar-refractivity contribution is -0.145. The largest absolute Gasteiger partial charge is 0.466 e. The van der Waals surface area contributed by atoms with E-state index in [9.17, 15) is 4.79 Å². The Balaban J connectivity index is 4.44. The van der Waals surface area contributed by atoms with Gasteiger partial charge in [-0.1, -0.05) is 38.7 Å². The fraction of sp³-hybridized carbons (Fsp3) is 0.688. The first-order chi connectivity index (χ1) is 8.95. The Bertz CT molecular complexity index is 345. The quantitative estimate of drug-likeness (QED) is 0.569. The van der Waals surface area contributed by atoms with Crippen molar-refractivity contribution in [3.63, 3.8) is 0 Å². The van der Waals surface area contributed by atoms with Gasteiger partial charge in [-0.3, -0.25) is 4.79 Å². The Hall–Kier alpha value is -1.27. The summed E-state index contributed by atoms with van der Waals surface area (Å²) in [6.07, 6.45) is 5.52. The van der Waals surface area contributed by atoms with Gasteiger partial charge < -0.3 is 9.84 Å². The smallest absolute Gasteiger partial charge is 0.306 e. The molecule has 0 aliphatic carbocycles. The van der Waals surface area contributed by atoms with Crippen LogP contribution in [-0.4, -0.2) is 24.3 Å². The summed E-state index contributed by atoms with van der Waals surface area (Å²) in [7, 11) is 0. The Morgan fingerprint density at radius 2 is 2.11 bits per heavy atom. The van der Waals surface area contributed by atoms with E-state index in [0.717, 1.165) is 12.8 Å². The van der Waals surface area contributed by atoms with E-state index >= 15 is 0 Å². The van der Waals surface area contributed by atoms with Gasteiger partial charge in [-0.05, 0) is 31.3 Å². The van der Waals surface area contributed by atoms with Crippen LogP contribution in [0.5, 0.6) is 0 Å². The normalized spacial score (nSPS) is 12.9. The fourth-order valence-electron chi connectivity index (χ4n) is 1.92. The summed E-state index contributed by atoms with van der Waals surface area (Å²) in [6, 6.07) is 0. The topological polar surface area (TPSA) is 46.5 Å². The number of hydrogen-bond donors (Lipinski definition) is 1. The molecule has 3 heteroatoms. The lowest BCUT2D eigenvalue weighted by Gasteiger charge is -2.26. The maximum absolute atomic E-state index is 11.5. The molecule has 0 aromatic carbocycles. The maximum Gasteiger partial charge on any atom is 0.306 e. The molecular formula is C16H26O3. The number of carbonyl (C=O) groups excluding carboxylic acids is 1. The summed E-state index contributed by atoms with van der Waals surface area (Å²) in [4.78, 5) is 11.5. The first kappa shape index (κ1) is 17.7. The molecule has 19 heavy (non-hydrogen) atoms. The predicted molar refractivity (Wildman–Crippen MR) is 77.4 cm³/mol. The van der Waals surface area contributed by atoms with E-state index in [0.29, 0.717) is 13.0 Å². The Labute approximate surface area is 117 Å². The average Bonchev–Trinajstić information content (AvgIpc) is 2.32. The van der Waals surface area contributed by atoms with Crippen LogP contribution in [0.25, 0.3) is 0 Å². The Kier molecular flexibility index (Phi) is 8.99. The van der Waals surface area contributed by atoms with Crippen LogP contribution in [0.2, 0.25) is 0 Å². The van der Waals surface area contributed by atoms with Crippen LogP contribution in [0.4, 0.5) is 0 Å². The van der Waals surface area contributed by atoms with Crippen molar-refractivity contribution in [1.29, 1.82) is 0 Å². The van der Waals surface area contributed by atoms with E-state index in [1.165, 1.54) is 0 Å². The van der Waals surface area contributed by atoms with Crippen LogP contribution in [-0.2, 0) is 9.53 Å². The zero-order chi connectivity index (χ0) is 14.7. The van der Waals surface area contributed by atoms with Gasteiger partial charge in [0.1, 0.15) is 0 Å². The number of rotatable bonds is 7. The molecule has 0 radical (unpaired) electrons. The minimum atomic E-state index is -0.143. The second-order valence-electron chi connectivity index (χ2n) is 5.33. The molecule has 0 rings (SSSR count). The minimum absolute atomic E-state index is 0.0137. The van der Waals surface area contributed by atoms with Gasteiger partial charge in [-0.25, -0.2) is 0 Å². The SMILES string of the molecule is CCOC(=O)CC(C)(C)CC(C#CC=CCO)CC. The summed E-state index contributed by atoms with van der Waals surface area (Å²) in [6.45, 7) is 8.49. The van der Waals surface area contributed by atoms with Crippen molar-refractivity contribution in [3.05, 3.63) is 12.2 Å². The molecule has 1 N–H and O–H groups in total. The number of esters is 1. The molecular weight excluding hydrogens is 240 g/mol. The number of allylic oxidation sites excluding steroid dienone is 1. The average molecular weight is 266 g/mol. The van der Waals surface area contributed by atoms with Crippen molar-refractivity contribution in [2.45, 2.75) is 47.0 Å². The van der Waals surface area contributed by atoms with E-state index in [1.54, 1.807) is 12.2 Å². The highest BCUT2D eigenvalue weighted by molar-refractivity contribution is 5.70. The lowest BCUT2D eigenvalue weighted by Crippen LogP contribution is -2.21. The summed E-state index contributed by atoms with van der Waals surface area (Å²) < 4.78 is 4.99. The van der Waals surface area contributed by atoms with Crippen molar-refractivity contribution in [3.8, 4) is 11.8 Å². The molecule has 0 aromatic rings. The molecule has 0 bridgehead atoms. The monoisotopic (exact) mass is 266 g/mol. The van der Waals surface area contributed by atoms with E-state index in [4.69, 9.17) is 9.84 Å². The summed E-state index contributed by atoms with van der Waals surface area (Å²) >= 11 is 0. The molecule has 0 aliphatic rings. The first-order valence-electron chi connectivity index (χ1n) is 6.87. The maximum atomic E-state index is 11.5. The number of aliphatic hydroxyl groups is 1. The fourth-order valence-corrected chi connectivity index (χ4v) is 1.92. The van der Waals surface area contributed by atoms with Crippen molar-refractivity contribution in [1.82, 2.24) is 0 Å². The van der Waals surface area contributed by atoms with Gasteiger partial charge in [0, 0.05) is 5.92 Å². The summed E-state index contributed by atoms with van der Waals surface area (Å²) in [5.41, 5.74) is -0.109. The van der Waals surface area contributed by atoms with Gasteiger partial charge in [-0.15, -0.1) is 0 Å². The highest BCUT2D eigenvalue weighted by atomic mass is 16.5. The van der Waals surface area contributed by atoms with Crippen LogP contribution in [0.3, 0.4) is 0 Å². The zero-order valence-electron chi connectivity index (χ0n) is 12.5. The number of ether oxygens (including phenoxy) is 1.